The summed E-state index contributed by atoms with van der Waals surface area (Å²) in [5.74, 6) is -3.08. The lowest BCUT2D eigenvalue weighted by atomic mass is 10.3. The van der Waals surface area contributed by atoms with Gasteiger partial charge in [0.05, 0.1) is 17.7 Å². The summed E-state index contributed by atoms with van der Waals surface area (Å²) in [4.78, 5) is 15.0. The topological polar surface area (TPSA) is 85.4 Å². The highest BCUT2D eigenvalue weighted by Gasteiger charge is 2.21. The maximum Gasteiger partial charge on any atom is 0.350 e. The number of sulfonamides is 1. The number of anilines is 1. The molecule has 0 amide bonds. The summed E-state index contributed by atoms with van der Waals surface area (Å²) in [5.41, 5.74) is 0.292. The minimum Gasteiger partial charge on any atom is -0.465 e. The standard InChI is InChI=1S/C12H10F2N2O4S2/c1-6-10(11(17)20-2)21-12(15-6)16-22(18,19)7-3-4-8(13)9(14)5-7/h3-5H,1-2H3,(H,15,16). The molecule has 6 nitrogen and oxygen atoms in total. The average molecular weight is 348 g/mol. The van der Waals surface area contributed by atoms with Gasteiger partial charge < -0.3 is 4.74 Å². The van der Waals surface area contributed by atoms with Crippen molar-refractivity contribution in [3.05, 3.63) is 40.4 Å². The van der Waals surface area contributed by atoms with Crippen LogP contribution in [0.3, 0.4) is 0 Å². The van der Waals surface area contributed by atoms with Crippen molar-refractivity contribution in [2.75, 3.05) is 11.8 Å². The van der Waals surface area contributed by atoms with Gasteiger partial charge in [-0.1, -0.05) is 11.3 Å². The highest BCUT2D eigenvalue weighted by atomic mass is 32.2. The van der Waals surface area contributed by atoms with Gasteiger partial charge in [0, 0.05) is 0 Å². The zero-order valence-corrected chi connectivity index (χ0v) is 13.0. The van der Waals surface area contributed by atoms with E-state index in [1.807, 2.05) is 0 Å². The van der Waals surface area contributed by atoms with Gasteiger partial charge in [-0.2, -0.15) is 0 Å². The number of ether oxygens (including phenoxy) is 1. The number of carbonyl (C=O) groups excluding carboxylic acids is 1. The second kappa shape index (κ2) is 5.97. The number of esters is 1. The Kier molecular flexibility index (Phi) is 4.42. The maximum absolute atomic E-state index is 13.1. The summed E-state index contributed by atoms with van der Waals surface area (Å²) in [5, 5.41) is -0.0809. The second-order valence-electron chi connectivity index (χ2n) is 4.11. The van der Waals surface area contributed by atoms with Crippen LogP contribution in [0, 0.1) is 18.6 Å². The van der Waals surface area contributed by atoms with Gasteiger partial charge >= 0.3 is 5.97 Å². The van der Waals surface area contributed by atoms with Gasteiger partial charge in [0.1, 0.15) is 4.88 Å². The lowest BCUT2D eigenvalue weighted by Crippen LogP contribution is -2.13. The number of aryl methyl sites for hydroxylation is 1. The molecule has 0 saturated carbocycles. The summed E-state index contributed by atoms with van der Waals surface area (Å²) in [6.45, 7) is 1.51. The third-order valence-corrected chi connectivity index (χ3v) is 5.11. The minimum absolute atomic E-state index is 0.0809. The van der Waals surface area contributed by atoms with E-state index in [1.54, 1.807) is 0 Å². The first kappa shape index (κ1) is 16.3. The number of aromatic nitrogens is 1. The Morgan fingerprint density at radius 3 is 2.59 bits per heavy atom. The third-order valence-electron chi connectivity index (χ3n) is 2.59. The molecular weight excluding hydrogens is 338 g/mol. The van der Waals surface area contributed by atoms with Crippen molar-refractivity contribution in [3.8, 4) is 0 Å². The molecule has 0 aliphatic heterocycles. The fourth-order valence-corrected chi connectivity index (χ4v) is 3.67. The van der Waals surface area contributed by atoms with Gasteiger partial charge in [-0.05, 0) is 25.1 Å². The van der Waals surface area contributed by atoms with E-state index in [1.165, 1.54) is 14.0 Å². The molecule has 1 heterocycles. The van der Waals surface area contributed by atoms with Crippen molar-refractivity contribution < 1.29 is 26.7 Å². The SMILES string of the molecule is COC(=O)c1sc(NS(=O)(=O)c2ccc(F)c(F)c2)nc1C. The predicted molar refractivity (Wildman–Crippen MR) is 75.4 cm³/mol. The number of hydrogen-bond acceptors (Lipinski definition) is 6. The highest BCUT2D eigenvalue weighted by Crippen LogP contribution is 2.26. The van der Waals surface area contributed by atoms with Gasteiger partial charge in [-0.15, -0.1) is 0 Å². The molecule has 0 bridgehead atoms. The van der Waals surface area contributed by atoms with Crippen LogP contribution in [-0.4, -0.2) is 26.5 Å². The number of thiazole rings is 1. The number of carbonyl (C=O) groups is 1. The molecule has 0 radical (unpaired) electrons. The first-order valence-corrected chi connectivity index (χ1v) is 8.08. The Balaban J connectivity index is 2.33. The van der Waals surface area contributed by atoms with Gasteiger partial charge in [0.25, 0.3) is 10.0 Å². The summed E-state index contributed by atoms with van der Waals surface area (Å²) in [6, 6.07) is 2.18. The van der Waals surface area contributed by atoms with E-state index in [4.69, 9.17) is 0 Å². The Morgan fingerprint density at radius 1 is 1.32 bits per heavy atom. The maximum atomic E-state index is 13.1. The van der Waals surface area contributed by atoms with Crippen LogP contribution >= 0.6 is 11.3 Å². The number of halogens is 2. The molecule has 1 N–H and O–H groups in total. The molecule has 10 heteroatoms. The van der Waals surface area contributed by atoms with Crippen LogP contribution in [0.1, 0.15) is 15.4 Å². The second-order valence-corrected chi connectivity index (χ2v) is 6.79. The van der Waals surface area contributed by atoms with E-state index in [9.17, 15) is 22.0 Å². The Morgan fingerprint density at radius 2 is 2.00 bits per heavy atom. The molecule has 1 aromatic carbocycles. The molecule has 0 atom stereocenters. The number of methoxy groups -OCH3 is 1. The largest absolute Gasteiger partial charge is 0.465 e. The van der Waals surface area contributed by atoms with Crippen molar-refractivity contribution in [3.63, 3.8) is 0 Å². The fourth-order valence-electron chi connectivity index (χ4n) is 1.54. The zero-order valence-electron chi connectivity index (χ0n) is 11.4. The Labute approximate surface area is 128 Å². The van der Waals surface area contributed by atoms with Crippen LogP contribution in [0.5, 0.6) is 0 Å². The number of benzene rings is 1. The summed E-state index contributed by atoms with van der Waals surface area (Å²) in [7, 11) is -2.96. The monoisotopic (exact) mass is 348 g/mol. The van der Waals surface area contributed by atoms with Crippen molar-refractivity contribution in [1.29, 1.82) is 0 Å². The highest BCUT2D eigenvalue weighted by molar-refractivity contribution is 7.93. The van der Waals surface area contributed by atoms with E-state index >= 15 is 0 Å². The van der Waals surface area contributed by atoms with Crippen molar-refractivity contribution in [1.82, 2.24) is 4.98 Å². The van der Waals surface area contributed by atoms with E-state index < -0.39 is 32.5 Å². The lowest BCUT2D eigenvalue weighted by Gasteiger charge is -2.05. The predicted octanol–water partition coefficient (Wildman–Crippen LogP) is 2.32. The molecule has 0 unspecified atom stereocenters. The molecule has 2 aromatic rings. The summed E-state index contributed by atoms with van der Waals surface area (Å²) in [6.07, 6.45) is 0. The quantitative estimate of drug-likeness (QED) is 0.857. The first-order valence-electron chi connectivity index (χ1n) is 5.78. The fraction of sp³-hybridized carbons (Fsp3) is 0.167. The number of nitrogens with zero attached hydrogens (tertiary/aromatic N) is 1. The average Bonchev–Trinajstić information content (AvgIpc) is 2.80. The Hall–Kier alpha value is -2.07. The van der Waals surface area contributed by atoms with Crippen LogP contribution in [-0.2, 0) is 14.8 Å². The molecule has 0 aliphatic carbocycles. The third kappa shape index (κ3) is 3.22. The van der Waals surface area contributed by atoms with Crippen molar-refractivity contribution in [2.45, 2.75) is 11.8 Å². The van der Waals surface area contributed by atoms with Crippen molar-refractivity contribution >= 4 is 32.5 Å². The van der Waals surface area contributed by atoms with Crippen LogP contribution in [0.15, 0.2) is 23.1 Å². The zero-order chi connectivity index (χ0) is 16.5. The molecule has 0 spiro atoms. The van der Waals surface area contributed by atoms with Crippen molar-refractivity contribution in [2.24, 2.45) is 0 Å². The van der Waals surface area contributed by atoms with E-state index in [0.29, 0.717) is 17.8 Å². The summed E-state index contributed by atoms with van der Waals surface area (Å²) >= 11 is 0.777. The molecule has 2 rings (SSSR count). The molecule has 0 fully saturated rings. The van der Waals surface area contributed by atoms with Crippen LogP contribution in [0.4, 0.5) is 13.9 Å². The summed E-state index contributed by atoms with van der Waals surface area (Å²) < 4.78 is 56.8. The van der Waals surface area contributed by atoms with Gasteiger partial charge in [-0.25, -0.2) is 27.0 Å². The minimum atomic E-state index is -4.15. The molecule has 1 aromatic heterocycles. The number of nitrogens with one attached hydrogen (secondary N) is 1. The molecule has 0 aliphatic rings. The molecule has 0 saturated heterocycles. The molecular formula is C12H10F2N2O4S2. The van der Waals surface area contributed by atoms with Gasteiger partial charge in [0.15, 0.2) is 16.8 Å². The Bertz CT molecular complexity index is 834. The smallest absolute Gasteiger partial charge is 0.350 e. The van der Waals surface area contributed by atoms with E-state index in [2.05, 4.69) is 14.4 Å². The molecule has 118 valence electrons. The van der Waals surface area contributed by atoms with Crippen LogP contribution < -0.4 is 4.72 Å². The van der Waals surface area contributed by atoms with Gasteiger partial charge in [-0.3, -0.25) is 4.72 Å². The van der Waals surface area contributed by atoms with E-state index in [-0.39, 0.29) is 10.0 Å². The lowest BCUT2D eigenvalue weighted by molar-refractivity contribution is 0.0605. The van der Waals surface area contributed by atoms with E-state index in [0.717, 1.165) is 17.4 Å². The van der Waals surface area contributed by atoms with Crippen LogP contribution in [0.25, 0.3) is 0 Å². The van der Waals surface area contributed by atoms with Crippen LogP contribution in [0.2, 0.25) is 0 Å². The number of hydrogen-bond donors (Lipinski definition) is 1. The number of rotatable bonds is 4. The van der Waals surface area contributed by atoms with Gasteiger partial charge in [0.2, 0.25) is 0 Å². The normalized spacial score (nSPS) is 11.3. The first-order chi connectivity index (χ1) is 10.2. The molecule has 22 heavy (non-hydrogen) atoms.